The van der Waals surface area contributed by atoms with Gasteiger partial charge in [-0.1, -0.05) is 41.4 Å². The third kappa shape index (κ3) is 4.12. The minimum atomic E-state index is -4.75. The van der Waals surface area contributed by atoms with Crippen molar-refractivity contribution in [2.75, 3.05) is 0 Å². The standard InChI is InChI=1S/C20H8Cl2F3N3OS/c21-14-6-5-11(7-15(14)22)8-17-18(29)28(19(30-17)12(9-26)10-27)16-4-2-1-3-13(16)20(23,24)25/h1-8H. The van der Waals surface area contributed by atoms with Gasteiger partial charge in [0.2, 0.25) is 0 Å². The van der Waals surface area contributed by atoms with Crippen molar-refractivity contribution in [3.8, 4) is 17.8 Å². The van der Waals surface area contributed by atoms with Gasteiger partial charge >= 0.3 is 6.18 Å². The van der Waals surface area contributed by atoms with E-state index in [1.807, 2.05) is 0 Å². The molecule has 0 fully saturated rings. The maximum atomic E-state index is 13.5. The molecule has 0 N–H and O–H groups in total. The number of nitrogens with zero attached hydrogens (tertiary/aromatic N) is 3. The Morgan fingerprint density at radius 3 is 2.33 bits per heavy atom. The second-order valence-corrected chi connectivity index (χ2v) is 7.69. The molecule has 10 heteroatoms. The van der Waals surface area contributed by atoms with Crippen LogP contribution in [0.2, 0.25) is 10.0 Å². The highest BCUT2D eigenvalue weighted by molar-refractivity contribution is 7.07. The lowest BCUT2D eigenvalue weighted by molar-refractivity contribution is -0.137. The smallest absolute Gasteiger partial charge is 0.267 e. The molecule has 4 nitrogen and oxygen atoms in total. The molecule has 0 bridgehead atoms. The van der Waals surface area contributed by atoms with Crippen LogP contribution in [0.3, 0.4) is 0 Å². The second-order valence-electron chi connectivity index (χ2n) is 5.84. The molecule has 1 aromatic heterocycles. The van der Waals surface area contributed by atoms with Crippen molar-refractivity contribution in [3.63, 3.8) is 0 Å². The largest absolute Gasteiger partial charge is 0.418 e. The lowest BCUT2D eigenvalue weighted by Crippen LogP contribution is -2.32. The first-order valence-electron chi connectivity index (χ1n) is 8.07. The molecule has 0 aliphatic rings. The average Bonchev–Trinajstić information content (AvgIpc) is 3.01. The van der Waals surface area contributed by atoms with Crippen molar-refractivity contribution >= 4 is 46.2 Å². The number of para-hydroxylation sites is 1. The third-order valence-corrected chi connectivity index (χ3v) is 5.78. The maximum Gasteiger partial charge on any atom is 0.418 e. The summed E-state index contributed by atoms with van der Waals surface area (Å²) >= 11 is 12.6. The van der Waals surface area contributed by atoms with E-state index in [9.17, 15) is 28.5 Å². The van der Waals surface area contributed by atoms with E-state index < -0.39 is 28.6 Å². The number of hydrogen-bond donors (Lipinski definition) is 0. The summed E-state index contributed by atoms with van der Waals surface area (Å²) in [6, 6.07) is 12.3. The van der Waals surface area contributed by atoms with Crippen LogP contribution in [0.15, 0.2) is 47.3 Å². The molecule has 0 amide bonds. The number of benzene rings is 2. The van der Waals surface area contributed by atoms with Gasteiger partial charge in [-0.3, -0.25) is 9.36 Å². The summed E-state index contributed by atoms with van der Waals surface area (Å²) < 4.78 is 41.1. The predicted octanol–water partition coefficient (Wildman–Crippen LogP) is 4.25. The van der Waals surface area contributed by atoms with Gasteiger partial charge in [-0.05, 0) is 35.9 Å². The van der Waals surface area contributed by atoms with E-state index in [0.29, 0.717) is 10.6 Å². The van der Waals surface area contributed by atoms with Crippen LogP contribution in [0, 0.1) is 22.7 Å². The Labute approximate surface area is 181 Å². The number of rotatable bonds is 2. The zero-order valence-electron chi connectivity index (χ0n) is 14.7. The molecule has 3 rings (SSSR count). The molecule has 1 heterocycles. The summed E-state index contributed by atoms with van der Waals surface area (Å²) in [7, 11) is 0. The van der Waals surface area contributed by atoms with E-state index in [-0.39, 0.29) is 14.2 Å². The minimum absolute atomic E-state index is 0.0170. The molecule has 0 spiro atoms. The molecule has 0 saturated carbocycles. The van der Waals surface area contributed by atoms with E-state index in [0.717, 1.165) is 28.0 Å². The van der Waals surface area contributed by atoms with Crippen molar-refractivity contribution in [3.05, 3.63) is 83.2 Å². The van der Waals surface area contributed by atoms with Crippen molar-refractivity contribution in [2.24, 2.45) is 0 Å². The average molecular weight is 466 g/mol. The van der Waals surface area contributed by atoms with Crippen LogP contribution in [0.25, 0.3) is 17.3 Å². The van der Waals surface area contributed by atoms with Gasteiger partial charge in [0.25, 0.3) is 5.56 Å². The van der Waals surface area contributed by atoms with Gasteiger partial charge in [0, 0.05) is 0 Å². The van der Waals surface area contributed by atoms with Gasteiger partial charge in [0.1, 0.15) is 16.8 Å². The molecule has 0 unspecified atom stereocenters. The lowest BCUT2D eigenvalue weighted by Gasteiger charge is -2.12. The van der Waals surface area contributed by atoms with Crippen LogP contribution in [0.4, 0.5) is 13.2 Å². The third-order valence-electron chi connectivity index (χ3n) is 3.95. The van der Waals surface area contributed by atoms with Crippen molar-refractivity contribution in [1.82, 2.24) is 4.57 Å². The van der Waals surface area contributed by atoms with E-state index in [1.165, 1.54) is 30.3 Å². The van der Waals surface area contributed by atoms with Crippen molar-refractivity contribution in [1.29, 1.82) is 10.5 Å². The van der Waals surface area contributed by atoms with Crippen molar-refractivity contribution in [2.45, 2.75) is 6.18 Å². The fourth-order valence-electron chi connectivity index (χ4n) is 2.65. The van der Waals surface area contributed by atoms with Gasteiger partial charge < -0.3 is 0 Å². The fraction of sp³-hybridized carbons (Fsp3) is 0.0500. The maximum absolute atomic E-state index is 13.5. The highest BCUT2D eigenvalue weighted by atomic mass is 35.5. The van der Waals surface area contributed by atoms with Gasteiger partial charge in [-0.15, -0.1) is 11.3 Å². The van der Waals surface area contributed by atoms with Crippen LogP contribution >= 0.6 is 34.5 Å². The summed E-state index contributed by atoms with van der Waals surface area (Å²) in [6.07, 6.45) is -3.35. The lowest BCUT2D eigenvalue weighted by atomic mass is 10.1. The monoisotopic (exact) mass is 465 g/mol. The first-order valence-corrected chi connectivity index (χ1v) is 9.64. The van der Waals surface area contributed by atoms with E-state index >= 15 is 0 Å². The first-order chi connectivity index (χ1) is 14.2. The van der Waals surface area contributed by atoms with Crippen LogP contribution in [-0.2, 0) is 6.18 Å². The number of nitriles is 2. The van der Waals surface area contributed by atoms with Gasteiger partial charge in [-0.25, -0.2) is 0 Å². The highest BCUT2D eigenvalue weighted by Crippen LogP contribution is 2.32. The molecule has 0 radical (unpaired) electrons. The highest BCUT2D eigenvalue weighted by Gasteiger charge is 2.34. The van der Waals surface area contributed by atoms with Crippen LogP contribution in [0.1, 0.15) is 11.1 Å². The molecule has 0 saturated heterocycles. The number of alkyl halides is 3. The van der Waals surface area contributed by atoms with Gasteiger partial charge in [-0.2, -0.15) is 23.7 Å². The normalized spacial score (nSPS) is 11.8. The summed E-state index contributed by atoms with van der Waals surface area (Å²) in [5.41, 5.74) is -2.36. The fourth-order valence-corrected chi connectivity index (χ4v) is 4.01. The summed E-state index contributed by atoms with van der Waals surface area (Å²) in [5, 5.41) is 19.0. The molecule has 0 atom stereocenters. The molecule has 0 aliphatic carbocycles. The zero-order chi connectivity index (χ0) is 22.1. The molecule has 0 aliphatic heterocycles. The second kappa shape index (κ2) is 8.37. The Morgan fingerprint density at radius 2 is 1.73 bits per heavy atom. The Bertz CT molecular complexity index is 1390. The SMILES string of the molecule is N#CC(C#N)=c1sc(=Cc2ccc(Cl)c(Cl)c2)c(=O)n1-c1ccccc1C(F)(F)F. The summed E-state index contributed by atoms with van der Waals surface area (Å²) in [5.74, 6) is 0. The Kier molecular flexibility index (Phi) is 6.04. The molecular weight excluding hydrogens is 458 g/mol. The van der Waals surface area contributed by atoms with Crippen LogP contribution in [0.5, 0.6) is 0 Å². The number of aromatic nitrogens is 1. The number of halogens is 5. The summed E-state index contributed by atoms with van der Waals surface area (Å²) in [6.45, 7) is 0. The number of hydrogen-bond acceptors (Lipinski definition) is 4. The zero-order valence-corrected chi connectivity index (χ0v) is 17.0. The first kappa shape index (κ1) is 21.7. The molecular formula is C20H8Cl2F3N3OS. The number of thiazole rings is 1. The molecule has 3 aromatic rings. The topological polar surface area (TPSA) is 69.6 Å². The summed E-state index contributed by atoms with van der Waals surface area (Å²) in [4.78, 5) is 13.0. The van der Waals surface area contributed by atoms with E-state index in [2.05, 4.69) is 0 Å². The quantitative estimate of drug-likeness (QED) is 0.567. The molecule has 30 heavy (non-hydrogen) atoms. The van der Waals surface area contributed by atoms with E-state index in [4.69, 9.17) is 23.2 Å². The molecule has 150 valence electrons. The Hall–Kier alpha value is -3.04. The van der Waals surface area contributed by atoms with Gasteiger partial charge in [0.15, 0.2) is 5.57 Å². The van der Waals surface area contributed by atoms with Crippen LogP contribution in [-0.4, -0.2) is 4.57 Å². The Morgan fingerprint density at radius 1 is 1.07 bits per heavy atom. The predicted molar refractivity (Wildman–Crippen MR) is 109 cm³/mol. The minimum Gasteiger partial charge on any atom is -0.267 e. The van der Waals surface area contributed by atoms with Gasteiger partial charge in [0.05, 0.1) is 25.8 Å². The van der Waals surface area contributed by atoms with E-state index in [1.54, 1.807) is 18.2 Å². The van der Waals surface area contributed by atoms with Crippen LogP contribution < -0.4 is 14.8 Å². The molecule has 2 aromatic carbocycles. The van der Waals surface area contributed by atoms with Crippen molar-refractivity contribution < 1.29 is 13.2 Å². The Balaban J connectivity index is 2.45.